The van der Waals surface area contributed by atoms with Crippen LogP contribution in [0.4, 0.5) is 11.5 Å². The second-order valence-corrected chi connectivity index (χ2v) is 8.28. The van der Waals surface area contributed by atoms with Gasteiger partial charge in [0.2, 0.25) is 0 Å². The average Bonchev–Trinajstić information content (AvgIpc) is 3.05. The number of nitrogens with one attached hydrogen (secondary N) is 1. The molecule has 0 radical (unpaired) electrons. The summed E-state index contributed by atoms with van der Waals surface area (Å²) in [6.07, 6.45) is 7.83. The van der Waals surface area contributed by atoms with E-state index in [2.05, 4.69) is 18.3 Å². The second kappa shape index (κ2) is 7.84. The van der Waals surface area contributed by atoms with E-state index in [0.717, 1.165) is 40.1 Å². The maximum absolute atomic E-state index is 5.91. The van der Waals surface area contributed by atoms with Gasteiger partial charge in [0.25, 0.3) is 0 Å². The largest absolute Gasteiger partial charge is 0.491 e. The van der Waals surface area contributed by atoms with Crippen LogP contribution >= 0.6 is 23.1 Å². The fraction of sp³-hybridized carbons (Fsp3) is 0.400. The molecule has 0 fully saturated rings. The SMILES string of the molecule is CCCOc1ccccc1Nc1nc(SC)nc2sc3c(c12)CCCC3. The van der Waals surface area contributed by atoms with E-state index in [-0.39, 0.29) is 0 Å². The molecule has 6 heteroatoms. The Bertz CT molecular complexity index is 923. The molecule has 4 rings (SSSR count). The summed E-state index contributed by atoms with van der Waals surface area (Å²) in [5.41, 5.74) is 2.40. The summed E-state index contributed by atoms with van der Waals surface area (Å²) in [5, 5.41) is 5.56. The molecular weight excluding hydrogens is 362 g/mol. The topological polar surface area (TPSA) is 47.0 Å². The fourth-order valence-electron chi connectivity index (χ4n) is 3.35. The van der Waals surface area contributed by atoms with Gasteiger partial charge in [-0.2, -0.15) is 0 Å². The van der Waals surface area contributed by atoms with E-state index in [1.54, 1.807) is 11.8 Å². The van der Waals surface area contributed by atoms with Crippen LogP contribution in [-0.2, 0) is 12.8 Å². The first kappa shape index (κ1) is 17.6. The number of thioether (sulfide) groups is 1. The molecule has 0 spiro atoms. The Morgan fingerprint density at radius 2 is 2.04 bits per heavy atom. The molecule has 4 nitrogen and oxygen atoms in total. The lowest BCUT2D eigenvalue weighted by atomic mass is 9.97. The molecule has 1 aliphatic rings. The van der Waals surface area contributed by atoms with Gasteiger partial charge in [0.05, 0.1) is 17.7 Å². The van der Waals surface area contributed by atoms with Crippen molar-refractivity contribution in [2.75, 3.05) is 18.2 Å². The van der Waals surface area contributed by atoms with Gasteiger partial charge in [-0.05, 0) is 56.1 Å². The molecule has 2 aromatic heterocycles. The van der Waals surface area contributed by atoms with Crippen molar-refractivity contribution in [3.63, 3.8) is 0 Å². The normalized spacial score (nSPS) is 13.6. The zero-order chi connectivity index (χ0) is 17.9. The Balaban J connectivity index is 1.80. The molecule has 0 atom stereocenters. The van der Waals surface area contributed by atoms with Gasteiger partial charge < -0.3 is 10.1 Å². The molecule has 1 aromatic carbocycles. The van der Waals surface area contributed by atoms with Gasteiger partial charge >= 0.3 is 0 Å². The third kappa shape index (κ3) is 3.40. The second-order valence-electron chi connectivity index (χ2n) is 6.42. The fourth-order valence-corrected chi connectivity index (χ4v) is 5.04. The minimum atomic E-state index is 0.710. The zero-order valence-electron chi connectivity index (χ0n) is 15.2. The summed E-state index contributed by atoms with van der Waals surface area (Å²) >= 11 is 3.42. The Morgan fingerprint density at radius 1 is 1.19 bits per heavy atom. The third-order valence-corrected chi connectivity index (χ3v) is 6.31. The number of rotatable bonds is 6. The molecule has 1 N–H and O–H groups in total. The van der Waals surface area contributed by atoms with Crippen LogP contribution in [0.5, 0.6) is 5.75 Å². The smallest absolute Gasteiger partial charge is 0.190 e. The van der Waals surface area contributed by atoms with Crippen LogP contribution in [0.1, 0.15) is 36.6 Å². The molecule has 2 heterocycles. The molecule has 3 aromatic rings. The number of thiophene rings is 1. The Kier molecular flexibility index (Phi) is 5.31. The van der Waals surface area contributed by atoms with Crippen LogP contribution in [0, 0.1) is 0 Å². The van der Waals surface area contributed by atoms with E-state index in [0.29, 0.717) is 6.61 Å². The van der Waals surface area contributed by atoms with E-state index in [1.165, 1.54) is 35.1 Å². The van der Waals surface area contributed by atoms with E-state index in [4.69, 9.17) is 14.7 Å². The molecule has 1 aliphatic carbocycles. The molecule has 0 amide bonds. The molecular formula is C20H23N3OS2. The maximum atomic E-state index is 5.91. The number of hydrogen-bond acceptors (Lipinski definition) is 6. The summed E-state index contributed by atoms with van der Waals surface area (Å²) in [6.45, 7) is 2.83. The van der Waals surface area contributed by atoms with Gasteiger partial charge in [-0.15, -0.1) is 11.3 Å². The van der Waals surface area contributed by atoms with Gasteiger partial charge in [-0.25, -0.2) is 9.97 Å². The summed E-state index contributed by atoms with van der Waals surface area (Å²) in [6, 6.07) is 8.09. The van der Waals surface area contributed by atoms with Crippen molar-refractivity contribution < 1.29 is 4.74 Å². The molecule has 0 bridgehead atoms. The van der Waals surface area contributed by atoms with Crippen molar-refractivity contribution >= 4 is 44.8 Å². The van der Waals surface area contributed by atoms with Crippen LogP contribution < -0.4 is 10.1 Å². The molecule has 0 saturated heterocycles. The first-order chi connectivity index (χ1) is 12.8. The summed E-state index contributed by atoms with van der Waals surface area (Å²) in [7, 11) is 0. The highest BCUT2D eigenvalue weighted by Gasteiger charge is 2.21. The van der Waals surface area contributed by atoms with Crippen molar-refractivity contribution in [1.82, 2.24) is 9.97 Å². The monoisotopic (exact) mass is 385 g/mol. The Hall–Kier alpha value is -1.79. The number of aryl methyl sites for hydroxylation is 2. The highest BCUT2D eigenvalue weighted by atomic mass is 32.2. The van der Waals surface area contributed by atoms with Gasteiger partial charge in [-0.3, -0.25) is 0 Å². The number of anilines is 2. The van der Waals surface area contributed by atoms with Crippen molar-refractivity contribution in [1.29, 1.82) is 0 Å². The summed E-state index contributed by atoms with van der Waals surface area (Å²) in [5.74, 6) is 1.78. The van der Waals surface area contributed by atoms with Crippen molar-refractivity contribution in [3.05, 3.63) is 34.7 Å². The number of hydrogen-bond donors (Lipinski definition) is 1. The van der Waals surface area contributed by atoms with Crippen LogP contribution in [0.2, 0.25) is 0 Å². The van der Waals surface area contributed by atoms with Crippen LogP contribution in [0.3, 0.4) is 0 Å². The predicted molar refractivity (Wildman–Crippen MR) is 111 cm³/mol. The van der Waals surface area contributed by atoms with Crippen LogP contribution in [-0.4, -0.2) is 22.8 Å². The predicted octanol–water partition coefficient (Wildman–Crippen LogP) is 5.82. The minimum Gasteiger partial charge on any atom is -0.491 e. The lowest BCUT2D eigenvalue weighted by molar-refractivity contribution is 0.319. The lowest BCUT2D eigenvalue weighted by Crippen LogP contribution is -2.03. The highest BCUT2D eigenvalue weighted by Crippen LogP contribution is 2.41. The lowest BCUT2D eigenvalue weighted by Gasteiger charge is -2.15. The third-order valence-electron chi connectivity index (χ3n) is 4.58. The number of aromatic nitrogens is 2. The quantitative estimate of drug-likeness (QED) is 0.428. The van der Waals surface area contributed by atoms with Crippen LogP contribution in [0.15, 0.2) is 29.4 Å². The van der Waals surface area contributed by atoms with Crippen molar-refractivity contribution in [2.45, 2.75) is 44.2 Å². The van der Waals surface area contributed by atoms with Crippen molar-refractivity contribution in [2.24, 2.45) is 0 Å². The first-order valence-corrected chi connectivity index (χ1v) is 11.2. The van der Waals surface area contributed by atoms with E-state index >= 15 is 0 Å². The molecule has 0 unspecified atom stereocenters. The van der Waals surface area contributed by atoms with Gasteiger partial charge in [-0.1, -0.05) is 30.8 Å². The molecule has 26 heavy (non-hydrogen) atoms. The number of benzene rings is 1. The van der Waals surface area contributed by atoms with Crippen molar-refractivity contribution in [3.8, 4) is 5.75 Å². The maximum Gasteiger partial charge on any atom is 0.190 e. The summed E-state index contributed by atoms with van der Waals surface area (Å²) in [4.78, 5) is 12.2. The standard InChI is InChI=1S/C20H23N3OS2/c1-3-12-24-15-10-6-5-9-14(15)21-18-17-13-8-4-7-11-16(13)26-19(17)23-20(22-18)25-2/h5-6,9-10H,3-4,7-8,11-12H2,1-2H3,(H,21,22,23). The molecule has 0 aliphatic heterocycles. The molecule has 136 valence electrons. The molecule has 0 saturated carbocycles. The Labute approximate surface area is 162 Å². The van der Waals surface area contributed by atoms with E-state index < -0.39 is 0 Å². The summed E-state index contributed by atoms with van der Waals surface area (Å²) < 4.78 is 5.91. The average molecular weight is 386 g/mol. The number of fused-ring (bicyclic) bond motifs is 3. The minimum absolute atomic E-state index is 0.710. The van der Waals surface area contributed by atoms with Gasteiger partial charge in [0.1, 0.15) is 16.4 Å². The number of nitrogens with zero attached hydrogens (tertiary/aromatic N) is 2. The number of para-hydroxylation sites is 2. The van der Waals surface area contributed by atoms with Gasteiger partial charge in [0.15, 0.2) is 5.16 Å². The highest BCUT2D eigenvalue weighted by molar-refractivity contribution is 7.98. The zero-order valence-corrected chi connectivity index (χ0v) is 16.8. The first-order valence-electron chi connectivity index (χ1n) is 9.15. The van der Waals surface area contributed by atoms with E-state index in [9.17, 15) is 0 Å². The van der Waals surface area contributed by atoms with Crippen LogP contribution in [0.25, 0.3) is 10.2 Å². The Morgan fingerprint density at radius 3 is 2.88 bits per heavy atom. The van der Waals surface area contributed by atoms with E-state index in [1.807, 2.05) is 35.8 Å². The van der Waals surface area contributed by atoms with Gasteiger partial charge in [0, 0.05) is 4.88 Å². The number of ether oxygens (including phenoxy) is 1.